The van der Waals surface area contributed by atoms with Crippen LogP contribution < -0.4 is 5.73 Å². The first-order valence-electron chi connectivity index (χ1n) is 8.92. The van der Waals surface area contributed by atoms with Crippen molar-refractivity contribution >= 4 is 12.1 Å². The molecule has 0 saturated heterocycles. The van der Waals surface area contributed by atoms with E-state index < -0.39 is 5.92 Å². The molecule has 1 unspecified atom stereocenters. The fourth-order valence-electron chi connectivity index (χ4n) is 2.76. The smallest absolute Gasteiger partial charge is 0.209 e. The number of hydrogen-bond acceptors (Lipinski definition) is 3. The predicted molar refractivity (Wildman–Crippen MR) is 94.9 cm³/mol. The summed E-state index contributed by atoms with van der Waals surface area (Å²) in [6.45, 7) is 0.792. The van der Waals surface area contributed by atoms with Gasteiger partial charge in [-0.1, -0.05) is 75.3 Å². The van der Waals surface area contributed by atoms with Gasteiger partial charge >= 0.3 is 0 Å². The van der Waals surface area contributed by atoms with Crippen molar-refractivity contribution in [3.05, 3.63) is 35.9 Å². The van der Waals surface area contributed by atoms with E-state index in [4.69, 9.17) is 5.73 Å². The molecule has 0 aliphatic heterocycles. The quantitative estimate of drug-likeness (QED) is 0.417. The Morgan fingerprint density at radius 1 is 0.913 bits per heavy atom. The SMILES string of the molecule is NCCCCCCCCCCC([C]=O)C(=O)Cc1ccccc1. The maximum absolute atomic E-state index is 12.1. The summed E-state index contributed by atoms with van der Waals surface area (Å²) in [6.07, 6.45) is 12.2. The highest BCUT2D eigenvalue weighted by molar-refractivity contribution is 5.94. The first-order chi connectivity index (χ1) is 11.3. The molecule has 0 aliphatic rings. The number of hydrogen-bond donors (Lipinski definition) is 1. The van der Waals surface area contributed by atoms with E-state index in [9.17, 15) is 9.59 Å². The Morgan fingerprint density at radius 3 is 2.04 bits per heavy atom. The lowest BCUT2D eigenvalue weighted by molar-refractivity contribution is -0.120. The Labute approximate surface area is 140 Å². The Kier molecular flexibility index (Phi) is 11.1. The van der Waals surface area contributed by atoms with Gasteiger partial charge in [0.2, 0.25) is 6.29 Å². The highest BCUT2D eigenvalue weighted by Gasteiger charge is 2.18. The number of Topliss-reactive ketones (excluding diaryl/α,β-unsaturated/α-hetero) is 1. The molecule has 0 fully saturated rings. The molecule has 0 aliphatic carbocycles. The van der Waals surface area contributed by atoms with Gasteiger partial charge < -0.3 is 5.73 Å². The van der Waals surface area contributed by atoms with Crippen molar-refractivity contribution in [2.75, 3.05) is 6.54 Å². The molecule has 1 rings (SSSR count). The first-order valence-corrected chi connectivity index (χ1v) is 8.92. The highest BCUT2D eigenvalue weighted by atomic mass is 16.1. The van der Waals surface area contributed by atoms with Gasteiger partial charge in [-0.15, -0.1) is 0 Å². The van der Waals surface area contributed by atoms with Crippen molar-refractivity contribution in [1.29, 1.82) is 0 Å². The molecule has 1 aromatic rings. The number of nitrogens with two attached hydrogens (primary N) is 1. The fourth-order valence-corrected chi connectivity index (χ4v) is 2.76. The zero-order chi connectivity index (χ0) is 16.8. The molecule has 0 heterocycles. The summed E-state index contributed by atoms with van der Waals surface area (Å²) in [7, 11) is 0. The van der Waals surface area contributed by atoms with Crippen molar-refractivity contribution in [3.63, 3.8) is 0 Å². The summed E-state index contributed by atoms with van der Waals surface area (Å²) in [5.41, 5.74) is 6.43. The molecule has 2 N–H and O–H groups in total. The number of benzene rings is 1. The average Bonchev–Trinajstić information content (AvgIpc) is 2.57. The van der Waals surface area contributed by atoms with E-state index >= 15 is 0 Å². The third kappa shape index (κ3) is 9.29. The zero-order valence-electron chi connectivity index (χ0n) is 14.1. The second kappa shape index (κ2) is 13.0. The summed E-state index contributed by atoms with van der Waals surface area (Å²) in [5.74, 6) is -0.562. The minimum absolute atomic E-state index is 0.00650. The second-order valence-electron chi connectivity index (χ2n) is 6.20. The molecular weight excluding hydrogens is 286 g/mol. The number of ketones is 1. The van der Waals surface area contributed by atoms with Crippen molar-refractivity contribution in [1.82, 2.24) is 0 Å². The molecule has 3 nitrogen and oxygen atoms in total. The maximum Gasteiger partial charge on any atom is 0.209 e. The van der Waals surface area contributed by atoms with Crippen LogP contribution in [0.1, 0.15) is 63.4 Å². The van der Waals surface area contributed by atoms with Crippen LogP contribution >= 0.6 is 0 Å². The molecule has 1 radical (unpaired) electrons. The molecule has 0 amide bonds. The van der Waals surface area contributed by atoms with E-state index in [0.29, 0.717) is 12.8 Å². The fraction of sp³-hybridized carbons (Fsp3) is 0.600. The summed E-state index contributed by atoms with van der Waals surface area (Å²) in [4.78, 5) is 23.2. The van der Waals surface area contributed by atoms with E-state index in [1.54, 1.807) is 0 Å². The Hall–Kier alpha value is -1.48. The minimum atomic E-state index is -0.556. The van der Waals surface area contributed by atoms with E-state index in [1.807, 2.05) is 36.6 Å². The number of unbranched alkanes of at least 4 members (excludes halogenated alkanes) is 7. The van der Waals surface area contributed by atoms with Gasteiger partial charge in [-0.25, -0.2) is 0 Å². The summed E-state index contributed by atoms with van der Waals surface area (Å²) < 4.78 is 0. The van der Waals surface area contributed by atoms with Crippen LogP contribution in [0.5, 0.6) is 0 Å². The molecule has 1 atom stereocenters. The Bertz CT molecular complexity index is 431. The largest absolute Gasteiger partial charge is 0.330 e. The van der Waals surface area contributed by atoms with Crippen LogP contribution in [0.4, 0.5) is 0 Å². The maximum atomic E-state index is 12.1. The lowest BCUT2D eigenvalue weighted by Crippen LogP contribution is -2.18. The predicted octanol–water partition coefficient (Wildman–Crippen LogP) is 3.99. The van der Waals surface area contributed by atoms with Gasteiger partial charge in [-0.2, -0.15) is 0 Å². The van der Waals surface area contributed by atoms with Crippen LogP contribution in [0.15, 0.2) is 30.3 Å². The Morgan fingerprint density at radius 2 is 1.48 bits per heavy atom. The highest BCUT2D eigenvalue weighted by Crippen LogP contribution is 2.14. The van der Waals surface area contributed by atoms with E-state index in [-0.39, 0.29) is 5.78 Å². The number of carbonyl (C=O) groups excluding carboxylic acids is 2. The molecular formula is C20H30NO2. The van der Waals surface area contributed by atoms with Crippen molar-refractivity contribution < 1.29 is 9.59 Å². The van der Waals surface area contributed by atoms with Gasteiger partial charge in [0.1, 0.15) is 5.78 Å². The van der Waals surface area contributed by atoms with Crippen LogP contribution in [0.2, 0.25) is 0 Å². The molecule has 0 aromatic heterocycles. The summed E-state index contributed by atoms with van der Waals surface area (Å²) >= 11 is 0. The second-order valence-corrected chi connectivity index (χ2v) is 6.20. The van der Waals surface area contributed by atoms with Crippen LogP contribution in [0.3, 0.4) is 0 Å². The number of rotatable bonds is 14. The van der Waals surface area contributed by atoms with Gasteiger partial charge in [0.15, 0.2) is 0 Å². The summed E-state index contributed by atoms with van der Waals surface area (Å²) in [5, 5.41) is 0. The van der Waals surface area contributed by atoms with Gasteiger partial charge in [-0.3, -0.25) is 9.59 Å². The van der Waals surface area contributed by atoms with E-state index in [1.165, 1.54) is 32.1 Å². The lowest BCUT2D eigenvalue weighted by atomic mass is 9.93. The normalized spacial score (nSPS) is 12.0. The van der Waals surface area contributed by atoms with Crippen LogP contribution in [0.25, 0.3) is 0 Å². The Balaban J connectivity index is 2.11. The van der Waals surface area contributed by atoms with Crippen LogP contribution in [-0.2, 0) is 16.0 Å². The van der Waals surface area contributed by atoms with Crippen molar-refractivity contribution in [2.45, 2.75) is 64.2 Å². The molecule has 23 heavy (non-hydrogen) atoms. The minimum Gasteiger partial charge on any atom is -0.330 e. The molecule has 0 saturated carbocycles. The standard InChI is InChI=1S/C20H30NO2/c21-15-11-6-4-2-1-3-5-10-14-19(17-22)20(23)16-18-12-8-7-9-13-18/h7-9,12-13,19H,1-6,10-11,14-16,21H2. The van der Waals surface area contributed by atoms with Gasteiger partial charge in [0.25, 0.3) is 0 Å². The first kappa shape index (κ1) is 19.6. The van der Waals surface area contributed by atoms with Gasteiger partial charge in [0, 0.05) is 6.42 Å². The molecule has 127 valence electrons. The lowest BCUT2D eigenvalue weighted by Gasteiger charge is -2.08. The molecule has 3 heteroatoms. The van der Waals surface area contributed by atoms with E-state index in [2.05, 4.69) is 0 Å². The van der Waals surface area contributed by atoms with Crippen LogP contribution in [0, 0.1) is 5.92 Å². The third-order valence-electron chi connectivity index (χ3n) is 4.20. The van der Waals surface area contributed by atoms with Crippen LogP contribution in [-0.4, -0.2) is 18.6 Å². The summed E-state index contributed by atoms with van der Waals surface area (Å²) in [6, 6.07) is 9.59. The zero-order valence-corrected chi connectivity index (χ0v) is 14.1. The van der Waals surface area contributed by atoms with E-state index in [0.717, 1.165) is 31.4 Å². The topological polar surface area (TPSA) is 60.2 Å². The molecule has 0 spiro atoms. The number of carbonyl (C=O) groups is 1. The average molecular weight is 316 g/mol. The van der Waals surface area contributed by atoms with Crippen molar-refractivity contribution in [3.8, 4) is 0 Å². The van der Waals surface area contributed by atoms with Gasteiger partial charge in [0.05, 0.1) is 5.92 Å². The monoisotopic (exact) mass is 316 g/mol. The van der Waals surface area contributed by atoms with Crippen molar-refractivity contribution in [2.24, 2.45) is 11.7 Å². The van der Waals surface area contributed by atoms with Gasteiger partial charge in [-0.05, 0) is 24.9 Å². The molecule has 0 bridgehead atoms. The molecule has 1 aromatic carbocycles. The third-order valence-corrected chi connectivity index (χ3v) is 4.20.